The molecule has 120 valence electrons. The van der Waals surface area contributed by atoms with Gasteiger partial charge in [0.15, 0.2) is 0 Å². The van der Waals surface area contributed by atoms with Crippen molar-refractivity contribution in [2.24, 2.45) is 0 Å². The van der Waals surface area contributed by atoms with Crippen LogP contribution < -0.4 is 4.72 Å². The van der Waals surface area contributed by atoms with Crippen LogP contribution in [0.15, 0.2) is 39.8 Å². The van der Waals surface area contributed by atoms with Gasteiger partial charge in [0.1, 0.15) is 0 Å². The molecule has 1 N–H and O–H groups in total. The molecular weight excluding hydrogens is 304 g/mol. The van der Waals surface area contributed by atoms with E-state index in [-0.39, 0.29) is 22.8 Å². The number of anilines is 1. The van der Waals surface area contributed by atoms with Crippen LogP contribution in [0.3, 0.4) is 0 Å². The maximum Gasteiger partial charge on any atom is 0.264 e. The van der Waals surface area contributed by atoms with Crippen molar-refractivity contribution in [2.45, 2.75) is 37.7 Å². The van der Waals surface area contributed by atoms with Gasteiger partial charge in [-0.15, -0.1) is 0 Å². The van der Waals surface area contributed by atoms with E-state index in [1.54, 1.807) is 24.3 Å². The molecule has 0 atom stereocenters. The van der Waals surface area contributed by atoms with Crippen LogP contribution in [0.5, 0.6) is 0 Å². The maximum atomic E-state index is 12.5. The molecule has 0 aliphatic rings. The molecule has 0 saturated heterocycles. The van der Waals surface area contributed by atoms with Gasteiger partial charge in [0.05, 0.1) is 17.2 Å². The molecule has 0 fully saturated rings. The lowest BCUT2D eigenvalue weighted by Gasteiger charge is -2.12. The van der Waals surface area contributed by atoms with Crippen molar-refractivity contribution in [3.63, 3.8) is 0 Å². The van der Waals surface area contributed by atoms with Gasteiger partial charge in [0.25, 0.3) is 10.0 Å². The third-order valence-electron chi connectivity index (χ3n) is 3.08. The molecule has 0 unspecified atom stereocenters. The Kier molecular flexibility index (Phi) is 4.58. The number of nitrogens with one attached hydrogen (secondary N) is 1. The van der Waals surface area contributed by atoms with Crippen LogP contribution >= 0.6 is 0 Å². The Morgan fingerprint density at radius 3 is 2.55 bits per heavy atom. The van der Waals surface area contributed by atoms with Crippen LogP contribution in [0, 0.1) is 0 Å². The normalized spacial score (nSPS) is 12.4. The standard InChI is InChI=1S/C15H20N2O4S/c1-15(2,3)13-9-14(21-16-13)17-22(18,19)12-8-6-5-7-11(12)10-20-4/h5-9,17H,10H2,1-4H3. The van der Waals surface area contributed by atoms with E-state index in [1.807, 2.05) is 20.8 Å². The number of rotatable bonds is 5. The van der Waals surface area contributed by atoms with Gasteiger partial charge in [0.2, 0.25) is 5.88 Å². The summed E-state index contributed by atoms with van der Waals surface area (Å²) < 4.78 is 37.5. The largest absolute Gasteiger partial charge is 0.380 e. The molecule has 2 rings (SSSR count). The number of methoxy groups -OCH3 is 1. The molecule has 0 radical (unpaired) electrons. The van der Waals surface area contributed by atoms with Crippen molar-refractivity contribution < 1.29 is 17.7 Å². The van der Waals surface area contributed by atoms with Crippen LogP contribution in [-0.4, -0.2) is 20.7 Å². The van der Waals surface area contributed by atoms with E-state index in [2.05, 4.69) is 9.88 Å². The predicted octanol–water partition coefficient (Wildman–Crippen LogP) is 2.92. The predicted molar refractivity (Wildman–Crippen MR) is 83.2 cm³/mol. The Labute approximate surface area is 130 Å². The smallest absolute Gasteiger partial charge is 0.264 e. The van der Waals surface area contributed by atoms with Gasteiger partial charge < -0.3 is 9.26 Å². The summed E-state index contributed by atoms with van der Waals surface area (Å²) in [5.74, 6) is 0.0946. The number of ether oxygens (including phenoxy) is 1. The average molecular weight is 324 g/mol. The summed E-state index contributed by atoms with van der Waals surface area (Å²) in [6.45, 7) is 6.12. The van der Waals surface area contributed by atoms with Crippen molar-refractivity contribution >= 4 is 15.9 Å². The number of sulfonamides is 1. The second-order valence-electron chi connectivity index (χ2n) is 5.97. The van der Waals surface area contributed by atoms with Crippen molar-refractivity contribution in [3.8, 4) is 0 Å². The third kappa shape index (κ3) is 3.66. The minimum atomic E-state index is -3.76. The Bertz CT molecular complexity index is 745. The van der Waals surface area contributed by atoms with E-state index < -0.39 is 10.0 Å². The fourth-order valence-electron chi connectivity index (χ4n) is 1.90. The summed E-state index contributed by atoms with van der Waals surface area (Å²) in [4.78, 5) is 0.158. The summed E-state index contributed by atoms with van der Waals surface area (Å²) in [6.07, 6.45) is 0. The zero-order valence-electron chi connectivity index (χ0n) is 13.1. The number of hydrogen-bond acceptors (Lipinski definition) is 5. The van der Waals surface area contributed by atoms with Crippen molar-refractivity contribution in [1.29, 1.82) is 0 Å². The van der Waals surface area contributed by atoms with Gasteiger partial charge in [-0.1, -0.05) is 44.1 Å². The zero-order chi connectivity index (χ0) is 16.4. The summed E-state index contributed by atoms with van der Waals surface area (Å²) in [7, 11) is -2.25. The highest BCUT2D eigenvalue weighted by atomic mass is 32.2. The van der Waals surface area contributed by atoms with E-state index >= 15 is 0 Å². The van der Waals surface area contributed by atoms with Gasteiger partial charge in [-0.25, -0.2) is 13.1 Å². The summed E-state index contributed by atoms with van der Waals surface area (Å²) in [5.41, 5.74) is 1.03. The van der Waals surface area contributed by atoms with Gasteiger partial charge in [-0.05, 0) is 11.6 Å². The molecule has 0 spiro atoms. The van der Waals surface area contributed by atoms with Crippen LogP contribution in [0.4, 0.5) is 5.88 Å². The lowest BCUT2D eigenvalue weighted by atomic mass is 9.92. The van der Waals surface area contributed by atoms with Gasteiger partial charge in [-0.2, -0.15) is 0 Å². The van der Waals surface area contributed by atoms with E-state index in [0.29, 0.717) is 11.3 Å². The fraction of sp³-hybridized carbons (Fsp3) is 0.400. The lowest BCUT2D eigenvalue weighted by Crippen LogP contribution is -2.15. The summed E-state index contributed by atoms with van der Waals surface area (Å²) in [5, 5.41) is 3.90. The first kappa shape index (κ1) is 16.5. The molecule has 1 aromatic carbocycles. The second-order valence-corrected chi connectivity index (χ2v) is 7.62. The van der Waals surface area contributed by atoms with E-state index in [9.17, 15) is 8.42 Å². The molecule has 0 aliphatic carbocycles. The first-order valence-electron chi connectivity index (χ1n) is 6.81. The Morgan fingerprint density at radius 2 is 1.95 bits per heavy atom. The average Bonchev–Trinajstić information content (AvgIpc) is 2.87. The molecule has 6 nitrogen and oxygen atoms in total. The molecule has 22 heavy (non-hydrogen) atoms. The Hall–Kier alpha value is -1.86. The summed E-state index contributed by atoms with van der Waals surface area (Å²) in [6, 6.07) is 8.25. The van der Waals surface area contributed by atoms with Gasteiger partial charge in [0, 0.05) is 18.6 Å². The topological polar surface area (TPSA) is 81.4 Å². The number of nitrogens with zero attached hydrogens (tertiary/aromatic N) is 1. The monoisotopic (exact) mass is 324 g/mol. The molecule has 0 amide bonds. The molecule has 0 saturated carbocycles. The highest BCUT2D eigenvalue weighted by Crippen LogP contribution is 2.26. The van der Waals surface area contributed by atoms with E-state index in [4.69, 9.17) is 9.26 Å². The Balaban J connectivity index is 2.30. The van der Waals surface area contributed by atoms with Gasteiger partial charge >= 0.3 is 0 Å². The molecule has 1 aromatic heterocycles. The lowest BCUT2D eigenvalue weighted by molar-refractivity contribution is 0.182. The second kappa shape index (κ2) is 6.10. The highest BCUT2D eigenvalue weighted by Gasteiger charge is 2.23. The molecular formula is C15H20N2O4S. The molecule has 2 aromatic rings. The SMILES string of the molecule is COCc1ccccc1S(=O)(=O)Nc1cc(C(C)(C)C)no1. The fourth-order valence-corrected chi connectivity index (χ4v) is 3.11. The molecule has 7 heteroatoms. The van der Waals surface area contributed by atoms with Crippen LogP contribution in [0.25, 0.3) is 0 Å². The Morgan fingerprint density at radius 1 is 1.27 bits per heavy atom. The number of hydrogen-bond donors (Lipinski definition) is 1. The van der Waals surface area contributed by atoms with E-state index in [1.165, 1.54) is 13.2 Å². The minimum Gasteiger partial charge on any atom is -0.380 e. The summed E-state index contributed by atoms with van der Waals surface area (Å²) >= 11 is 0. The van der Waals surface area contributed by atoms with Crippen LogP contribution in [0.1, 0.15) is 32.0 Å². The molecule has 0 bridgehead atoms. The van der Waals surface area contributed by atoms with Crippen LogP contribution in [-0.2, 0) is 26.8 Å². The highest BCUT2D eigenvalue weighted by molar-refractivity contribution is 7.92. The van der Waals surface area contributed by atoms with E-state index in [0.717, 1.165) is 0 Å². The maximum absolute atomic E-state index is 12.5. The van der Waals surface area contributed by atoms with Crippen molar-refractivity contribution in [3.05, 3.63) is 41.6 Å². The van der Waals surface area contributed by atoms with Crippen LogP contribution in [0.2, 0.25) is 0 Å². The van der Waals surface area contributed by atoms with Gasteiger partial charge in [-0.3, -0.25) is 0 Å². The first-order chi connectivity index (χ1) is 10.2. The minimum absolute atomic E-state index is 0.0946. The van der Waals surface area contributed by atoms with Crippen molar-refractivity contribution in [2.75, 3.05) is 11.8 Å². The molecule has 1 heterocycles. The molecule has 0 aliphatic heterocycles. The zero-order valence-corrected chi connectivity index (χ0v) is 13.9. The third-order valence-corrected chi connectivity index (χ3v) is 4.52. The first-order valence-corrected chi connectivity index (χ1v) is 8.29. The number of benzene rings is 1. The van der Waals surface area contributed by atoms with Crippen molar-refractivity contribution in [1.82, 2.24) is 5.16 Å². The number of aromatic nitrogens is 1. The quantitative estimate of drug-likeness (QED) is 0.914.